The van der Waals surface area contributed by atoms with E-state index in [0.717, 1.165) is 22.0 Å². The highest BCUT2D eigenvalue weighted by molar-refractivity contribution is 9.11. The van der Waals surface area contributed by atoms with E-state index in [9.17, 15) is 0 Å². The third-order valence-electron chi connectivity index (χ3n) is 1.22. The second-order valence-electron chi connectivity index (χ2n) is 2.14. The highest BCUT2D eigenvalue weighted by Crippen LogP contribution is 2.19. The van der Waals surface area contributed by atoms with E-state index in [2.05, 4.69) is 37.5 Å². The molecule has 1 heterocycles. The lowest BCUT2D eigenvalue weighted by Gasteiger charge is -1.95. The van der Waals surface area contributed by atoms with E-state index < -0.39 is 0 Å². The van der Waals surface area contributed by atoms with Crippen molar-refractivity contribution in [3.63, 3.8) is 0 Å². The van der Waals surface area contributed by atoms with Crippen LogP contribution in [0.2, 0.25) is 0 Å². The van der Waals surface area contributed by atoms with Gasteiger partial charge in [-0.05, 0) is 29.3 Å². The molecule has 0 unspecified atom stereocenters. The molecular formula is C7H10BrN3S. The van der Waals surface area contributed by atoms with Crippen molar-refractivity contribution in [2.75, 3.05) is 11.9 Å². The van der Waals surface area contributed by atoms with Gasteiger partial charge in [-0.3, -0.25) is 0 Å². The molecule has 1 N–H and O–H groups in total. The molecule has 0 radical (unpaired) electrons. The Hall–Kier alpha value is -0.420. The van der Waals surface area contributed by atoms with E-state index >= 15 is 0 Å². The molecule has 0 aliphatic rings. The van der Waals surface area contributed by atoms with Crippen molar-refractivity contribution in [3.8, 4) is 0 Å². The summed E-state index contributed by atoms with van der Waals surface area (Å²) in [5, 5.41) is 11.8. The highest BCUT2D eigenvalue weighted by Gasteiger charge is 1.97. The molecule has 1 aromatic heterocycles. The number of halogens is 1. The molecule has 0 bridgehead atoms. The lowest BCUT2D eigenvalue weighted by molar-refractivity contribution is 1.01. The molecule has 66 valence electrons. The number of rotatable bonds is 4. The van der Waals surface area contributed by atoms with Crippen molar-refractivity contribution in [1.29, 1.82) is 0 Å². The second-order valence-corrected chi connectivity index (χ2v) is 4.40. The summed E-state index contributed by atoms with van der Waals surface area (Å²) in [4.78, 5) is 0. The molecule has 5 heteroatoms. The van der Waals surface area contributed by atoms with Crippen molar-refractivity contribution < 1.29 is 0 Å². The van der Waals surface area contributed by atoms with Crippen LogP contribution in [0.1, 0.15) is 13.3 Å². The van der Waals surface area contributed by atoms with Crippen LogP contribution in [0.4, 0.5) is 5.13 Å². The summed E-state index contributed by atoms with van der Waals surface area (Å²) in [6.07, 6.45) is 5.18. The average Bonchev–Trinajstić information content (AvgIpc) is 2.45. The van der Waals surface area contributed by atoms with Gasteiger partial charge in [0.1, 0.15) is 0 Å². The molecular weight excluding hydrogens is 238 g/mol. The fraction of sp³-hybridized carbons (Fsp3) is 0.429. The highest BCUT2D eigenvalue weighted by atomic mass is 79.9. The summed E-state index contributed by atoms with van der Waals surface area (Å²) in [5.41, 5.74) is 0. The summed E-state index contributed by atoms with van der Waals surface area (Å²) >= 11 is 4.75. The third-order valence-corrected chi connectivity index (χ3v) is 2.54. The fourth-order valence-corrected chi connectivity index (χ4v) is 1.74. The van der Waals surface area contributed by atoms with E-state index in [0.29, 0.717) is 0 Å². The van der Waals surface area contributed by atoms with Crippen LogP contribution in [0.3, 0.4) is 0 Å². The van der Waals surface area contributed by atoms with Crippen molar-refractivity contribution in [2.45, 2.75) is 13.3 Å². The number of nitrogens with one attached hydrogen (secondary N) is 1. The minimum atomic E-state index is 0.816. The third kappa shape index (κ3) is 3.32. The van der Waals surface area contributed by atoms with Crippen LogP contribution in [0.25, 0.3) is 0 Å². The van der Waals surface area contributed by atoms with Gasteiger partial charge in [-0.15, -0.1) is 10.2 Å². The van der Waals surface area contributed by atoms with Crippen LogP contribution in [0, 0.1) is 0 Å². The summed E-state index contributed by atoms with van der Waals surface area (Å²) in [6.45, 7) is 2.92. The number of aromatic nitrogens is 2. The summed E-state index contributed by atoms with van der Waals surface area (Å²) < 4.78 is 0.816. The standard InChI is InChI=1S/C7H10BrN3S/c1-2-3-4-5-9-7-11-10-6(8)12-7/h2-3H,4-5H2,1H3,(H,9,11)/b3-2+. The van der Waals surface area contributed by atoms with Crippen LogP contribution >= 0.6 is 27.3 Å². The van der Waals surface area contributed by atoms with Crippen LogP contribution in [-0.2, 0) is 0 Å². The van der Waals surface area contributed by atoms with Crippen LogP contribution < -0.4 is 5.32 Å². The van der Waals surface area contributed by atoms with Crippen molar-refractivity contribution in [3.05, 3.63) is 16.1 Å². The monoisotopic (exact) mass is 247 g/mol. The van der Waals surface area contributed by atoms with Gasteiger partial charge in [0.25, 0.3) is 0 Å². The van der Waals surface area contributed by atoms with Gasteiger partial charge in [0.15, 0.2) is 3.92 Å². The second kappa shape index (κ2) is 5.27. The molecule has 0 saturated carbocycles. The summed E-state index contributed by atoms with van der Waals surface area (Å²) in [6, 6.07) is 0. The van der Waals surface area contributed by atoms with Gasteiger partial charge in [-0.1, -0.05) is 23.5 Å². The predicted molar refractivity (Wildman–Crippen MR) is 55.5 cm³/mol. The molecule has 0 saturated heterocycles. The maximum atomic E-state index is 3.90. The van der Waals surface area contributed by atoms with Gasteiger partial charge in [0.05, 0.1) is 0 Å². The fourth-order valence-electron chi connectivity index (χ4n) is 0.706. The Morgan fingerprint density at radius 3 is 3.00 bits per heavy atom. The first-order chi connectivity index (χ1) is 5.83. The van der Waals surface area contributed by atoms with Crippen molar-refractivity contribution in [1.82, 2.24) is 10.2 Å². The Balaban J connectivity index is 2.24. The predicted octanol–water partition coefficient (Wildman–Crippen LogP) is 2.68. The lowest BCUT2D eigenvalue weighted by atomic mass is 10.4. The minimum Gasteiger partial charge on any atom is -0.360 e. The molecule has 3 nitrogen and oxygen atoms in total. The minimum absolute atomic E-state index is 0.816. The Morgan fingerprint density at radius 2 is 2.42 bits per heavy atom. The first-order valence-electron chi connectivity index (χ1n) is 3.67. The molecule has 0 spiro atoms. The molecule has 0 atom stereocenters. The number of anilines is 1. The Bertz CT molecular complexity index is 259. The lowest BCUT2D eigenvalue weighted by Crippen LogP contribution is -1.99. The zero-order valence-electron chi connectivity index (χ0n) is 6.75. The van der Waals surface area contributed by atoms with E-state index in [1.165, 1.54) is 11.3 Å². The summed E-state index contributed by atoms with van der Waals surface area (Å²) in [5.74, 6) is 0. The van der Waals surface area contributed by atoms with Gasteiger partial charge in [0.2, 0.25) is 5.13 Å². The number of allylic oxidation sites excluding steroid dienone is 1. The Kier molecular flexibility index (Phi) is 4.24. The largest absolute Gasteiger partial charge is 0.360 e. The van der Waals surface area contributed by atoms with Gasteiger partial charge in [-0.25, -0.2) is 0 Å². The molecule has 0 fully saturated rings. The van der Waals surface area contributed by atoms with Crippen LogP contribution in [0.15, 0.2) is 16.1 Å². The SMILES string of the molecule is C/C=C/CCNc1nnc(Br)s1. The molecule has 0 aliphatic heterocycles. The first kappa shape index (κ1) is 9.67. The average molecular weight is 248 g/mol. The number of hydrogen-bond acceptors (Lipinski definition) is 4. The molecule has 12 heavy (non-hydrogen) atoms. The number of nitrogens with zero attached hydrogens (tertiary/aromatic N) is 2. The smallest absolute Gasteiger partial charge is 0.206 e. The Labute approximate surface area is 84.0 Å². The Morgan fingerprint density at radius 1 is 1.58 bits per heavy atom. The van der Waals surface area contributed by atoms with E-state index in [4.69, 9.17) is 0 Å². The van der Waals surface area contributed by atoms with E-state index in [-0.39, 0.29) is 0 Å². The maximum Gasteiger partial charge on any atom is 0.206 e. The van der Waals surface area contributed by atoms with Gasteiger partial charge in [-0.2, -0.15) is 0 Å². The first-order valence-corrected chi connectivity index (χ1v) is 5.28. The summed E-state index contributed by atoms with van der Waals surface area (Å²) in [7, 11) is 0. The zero-order valence-corrected chi connectivity index (χ0v) is 9.15. The zero-order chi connectivity index (χ0) is 8.81. The molecule has 1 rings (SSSR count). The normalized spacial score (nSPS) is 10.8. The van der Waals surface area contributed by atoms with Crippen LogP contribution in [0.5, 0.6) is 0 Å². The van der Waals surface area contributed by atoms with Gasteiger partial charge < -0.3 is 5.32 Å². The number of hydrogen-bond donors (Lipinski definition) is 1. The van der Waals surface area contributed by atoms with E-state index in [1.54, 1.807) is 0 Å². The van der Waals surface area contributed by atoms with Crippen LogP contribution in [-0.4, -0.2) is 16.7 Å². The quantitative estimate of drug-likeness (QED) is 0.657. The maximum absolute atomic E-state index is 3.90. The van der Waals surface area contributed by atoms with Gasteiger partial charge in [0, 0.05) is 6.54 Å². The molecule has 0 amide bonds. The van der Waals surface area contributed by atoms with Gasteiger partial charge >= 0.3 is 0 Å². The molecule has 1 aromatic rings. The van der Waals surface area contributed by atoms with Crippen molar-refractivity contribution >= 4 is 32.4 Å². The molecule has 0 aromatic carbocycles. The van der Waals surface area contributed by atoms with E-state index in [1.807, 2.05) is 13.0 Å². The van der Waals surface area contributed by atoms with Crippen molar-refractivity contribution in [2.24, 2.45) is 0 Å². The molecule has 0 aliphatic carbocycles. The topological polar surface area (TPSA) is 37.8 Å².